The number of aryl methyl sites for hydroxylation is 1. The lowest BCUT2D eigenvalue weighted by Crippen LogP contribution is -2.08. The highest BCUT2D eigenvalue weighted by Crippen LogP contribution is 2.28. The molecule has 0 fully saturated rings. The number of pyridine rings is 1. The summed E-state index contributed by atoms with van der Waals surface area (Å²) in [5.74, 6) is -0.917. The first kappa shape index (κ1) is 14.7. The predicted octanol–water partition coefficient (Wildman–Crippen LogP) is 4.59. The second-order valence-electron chi connectivity index (χ2n) is 5.18. The molecule has 0 aliphatic carbocycles. The van der Waals surface area contributed by atoms with Crippen LogP contribution >= 0.6 is 15.9 Å². The van der Waals surface area contributed by atoms with E-state index in [1.54, 1.807) is 0 Å². The topological polar surface area (TPSA) is 50.2 Å². The molecule has 3 nitrogen and oxygen atoms in total. The molecule has 0 spiro atoms. The van der Waals surface area contributed by atoms with Crippen LogP contribution in [0.1, 0.15) is 27.2 Å². The fourth-order valence-electron chi connectivity index (χ4n) is 2.66. The lowest BCUT2D eigenvalue weighted by atomic mass is 9.95. The van der Waals surface area contributed by atoms with Crippen molar-refractivity contribution in [2.45, 2.75) is 13.3 Å². The van der Waals surface area contributed by atoms with Crippen molar-refractivity contribution in [1.29, 1.82) is 0 Å². The minimum Gasteiger partial charge on any atom is -0.478 e. The number of nitrogens with zero attached hydrogens (tertiary/aromatic N) is 1. The summed E-state index contributed by atoms with van der Waals surface area (Å²) in [6.45, 7) is 1.87. The summed E-state index contributed by atoms with van der Waals surface area (Å²) in [7, 11) is 0. The lowest BCUT2D eigenvalue weighted by Gasteiger charge is -2.13. The maximum Gasteiger partial charge on any atom is 0.336 e. The van der Waals surface area contributed by atoms with Crippen LogP contribution in [-0.4, -0.2) is 16.1 Å². The van der Waals surface area contributed by atoms with E-state index in [0.717, 1.165) is 21.3 Å². The van der Waals surface area contributed by atoms with E-state index in [9.17, 15) is 9.90 Å². The third-order valence-corrected chi connectivity index (χ3v) is 4.19. The van der Waals surface area contributed by atoms with Crippen molar-refractivity contribution >= 4 is 32.8 Å². The summed E-state index contributed by atoms with van der Waals surface area (Å²) in [4.78, 5) is 16.4. The van der Waals surface area contributed by atoms with E-state index in [1.165, 1.54) is 0 Å². The molecule has 0 saturated carbocycles. The molecule has 2 aromatic carbocycles. The van der Waals surface area contributed by atoms with Gasteiger partial charge in [0.25, 0.3) is 0 Å². The van der Waals surface area contributed by atoms with Gasteiger partial charge in [-0.15, -0.1) is 0 Å². The van der Waals surface area contributed by atoms with Gasteiger partial charge in [-0.05, 0) is 36.2 Å². The molecular formula is C18H14BrNO2. The van der Waals surface area contributed by atoms with Gasteiger partial charge in [0.05, 0.1) is 11.1 Å². The molecule has 0 saturated heterocycles. The Balaban J connectivity index is 2.26. The van der Waals surface area contributed by atoms with Crippen LogP contribution in [0.25, 0.3) is 10.9 Å². The van der Waals surface area contributed by atoms with E-state index in [1.807, 2.05) is 55.5 Å². The number of fused-ring (bicyclic) bond motifs is 1. The molecule has 0 atom stereocenters. The Morgan fingerprint density at radius 1 is 1.18 bits per heavy atom. The summed E-state index contributed by atoms with van der Waals surface area (Å²) in [5, 5.41) is 10.4. The Hall–Kier alpha value is -2.20. The maximum absolute atomic E-state index is 11.8. The lowest BCUT2D eigenvalue weighted by molar-refractivity contribution is 0.0698. The van der Waals surface area contributed by atoms with Crippen molar-refractivity contribution in [1.82, 2.24) is 4.98 Å². The van der Waals surface area contributed by atoms with E-state index < -0.39 is 5.97 Å². The summed E-state index contributed by atoms with van der Waals surface area (Å²) in [5.41, 5.74) is 3.65. The monoisotopic (exact) mass is 355 g/mol. The van der Waals surface area contributed by atoms with E-state index >= 15 is 0 Å². The van der Waals surface area contributed by atoms with E-state index in [2.05, 4.69) is 20.9 Å². The number of hydrogen-bond acceptors (Lipinski definition) is 2. The standard InChI is InChI=1S/C18H14BrNO2/c1-11-14(9-12-5-3-2-4-6-12)17(18(21)22)15-10-13(19)7-8-16(15)20-11/h2-8,10H,9H2,1H3,(H,21,22). The number of carbonyl (C=O) groups is 1. The molecule has 1 N–H and O–H groups in total. The van der Waals surface area contributed by atoms with Gasteiger partial charge in [0.1, 0.15) is 0 Å². The van der Waals surface area contributed by atoms with Crippen molar-refractivity contribution in [2.24, 2.45) is 0 Å². The molecule has 22 heavy (non-hydrogen) atoms. The molecule has 0 aliphatic heterocycles. The highest BCUT2D eigenvalue weighted by molar-refractivity contribution is 9.10. The highest BCUT2D eigenvalue weighted by atomic mass is 79.9. The van der Waals surface area contributed by atoms with E-state index in [0.29, 0.717) is 22.9 Å². The number of hydrogen-bond donors (Lipinski definition) is 1. The Labute approximate surface area is 136 Å². The van der Waals surface area contributed by atoms with Crippen LogP contribution < -0.4 is 0 Å². The average Bonchev–Trinajstić information content (AvgIpc) is 2.49. The van der Waals surface area contributed by atoms with Crippen LogP contribution in [-0.2, 0) is 6.42 Å². The van der Waals surface area contributed by atoms with Gasteiger partial charge < -0.3 is 5.11 Å². The molecule has 110 valence electrons. The summed E-state index contributed by atoms with van der Waals surface area (Å²) < 4.78 is 0.846. The first-order valence-corrected chi connectivity index (χ1v) is 7.71. The zero-order valence-corrected chi connectivity index (χ0v) is 13.6. The minimum atomic E-state index is -0.917. The Morgan fingerprint density at radius 3 is 2.59 bits per heavy atom. The predicted molar refractivity (Wildman–Crippen MR) is 90.4 cm³/mol. The van der Waals surface area contributed by atoms with Gasteiger partial charge in [-0.1, -0.05) is 46.3 Å². The van der Waals surface area contributed by atoms with Crippen LogP contribution in [0.2, 0.25) is 0 Å². The molecule has 4 heteroatoms. The van der Waals surface area contributed by atoms with Crippen LogP contribution in [0, 0.1) is 6.92 Å². The van der Waals surface area contributed by atoms with Gasteiger partial charge in [-0.2, -0.15) is 0 Å². The minimum absolute atomic E-state index is 0.340. The van der Waals surface area contributed by atoms with Gasteiger partial charge in [-0.25, -0.2) is 4.79 Å². The SMILES string of the molecule is Cc1nc2ccc(Br)cc2c(C(=O)O)c1Cc1ccccc1. The zero-order chi connectivity index (χ0) is 15.7. The van der Waals surface area contributed by atoms with Gasteiger partial charge in [-0.3, -0.25) is 4.98 Å². The third kappa shape index (κ3) is 2.74. The Bertz CT molecular complexity index is 860. The second kappa shape index (κ2) is 5.89. The quantitative estimate of drug-likeness (QED) is 0.747. The van der Waals surface area contributed by atoms with E-state index in [4.69, 9.17) is 0 Å². The summed E-state index contributed by atoms with van der Waals surface area (Å²) >= 11 is 3.40. The van der Waals surface area contributed by atoms with Crippen molar-refractivity contribution in [2.75, 3.05) is 0 Å². The van der Waals surface area contributed by atoms with Crippen molar-refractivity contribution in [3.8, 4) is 0 Å². The van der Waals surface area contributed by atoms with Gasteiger partial charge in [0, 0.05) is 22.0 Å². The summed E-state index contributed by atoms with van der Waals surface area (Å²) in [6, 6.07) is 15.4. The van der Waals surface area contributed by atoms with Crippen LogP contribution in [0.3, 0.4) is 0 Å². The normalized spacial score (nSPS) is 10.8. The highest BCUT2D eigenvalue weighted by Gasteiger charge is 2.18. The zero-order valence-electron chi connectivity index (χ0n) is 12.0. The number of rotatable bonds is 3. The molecular weight excluding hydrogens is 342 g/mol. The van der Waals surface area contributed by atoms with Crippen molar-refractivity contribution in [3.05, 3.63) is 75.4 Å². The van der Waals surface area contributed by atoms with E-state index in [-0.39, 0.29) is 0 Å². The molecule has 1 heterocycles. The first-order chi connectivity index (χ1) is 10.6. The molecule has 0 unspecified atom stereocenters. The number of aromatic carboxylic acids is 1. The number of carboxylic acids is 1. The second-order valence-corrected chi connectivity index (χ2v) is 6.10. The largest absolute Gasteiger partial charge is 0.478 e. The average molecular weight is 356 g/mol. The van der Waals surface area contributed by atoms with Crippen LogP contribution in [0.5, 0.6) is 0 Å². The summed E-state index contributed by atoms with van der Waals surface area (Å²) in [6.07, 6.45) is 0.559. The molecule has 0 radical (unpaired) electrons. The van der Waals surface area contributed by atoms with Gasteiger partial charge in [0.15, 0.2) is 0 Å². The molecule has 0 aliphatic rings. The van der Waals surface area contributed by atoms with Crippen molar-refractivity contribution < 1.29 is 9.90 Å². The number of benzene rings is 2. The smallest absolute Gasteiger partial charge is 0.336 e. The van der Waals surface area contributed by atoms with Gasteiger partial charge >= 0.3 is 5.97 Å². The molecule has 0 bridgehead atoms. The Kier molecular flexibility index (Phi) is 3.94. The number of aromatic nitrogens is 1. The maximum atomic E-state index is 11.8. The Morgan fingerprint density at radius 2 is 1.91 bits per heavy atom. The third-order valence-electron chi connectivity index (χ3n) is 3.69. The fraction of sp³-hybridized carbons (Fsp3) is 0.111. The molecule has 1 aromatic heterocycles. The van der Waals surface area contributed by atoms with Crippen molar-refractivity contribution in [3.63, 3.8) is 0 Å². The van der Waals surface area contributed by atoms with Crippen LogP contribution in [0.15, 0.2) is 53.0 Å². The van der Waals surface area contributed by atoms with Gasteiger partial charge in [0.2, 0.25) is 0 Å². The number of carboxylic acid groups (broad SMARTS) is 1. The molecule has 3 rings (SSSR count). The number of halogens is 1. The van der Waals surface area contributed by atoms with Crippen LogP contribution in [0.4, 0.5) is 0 Å². The first-order valence-electron chi connectivity index (χ1n) is 6.92. The molecule has 0 amide bonds. The molecule has 3 aromatic rings. The fourth-order valence-corrected chi connectivity index (χ4v) is 3.02.